The van der Waals surface area contributed by atoms with Crippen LogP contribution in [-0.4, -0.2) is 22.5 Å². The summed E-state index contributed by atoms with van der Waals surface area (Å²) in [5.41, 5.74) is 1.80. The van der Waals surface area contributed by atoms with E-state index >= 15 is 0 Å². The Bertz CT molecular complexity index is 806. The topological polar surface area (TPSA) is 45.8 Å². The zero-order valence-corrected chi connectivity index (χ0v) is 14.9. The van der Waals surface area contributed by atoms with Crippen molar-refractivity contribution in [2.45, 2.75) is 27.2 Å². The SMILES string of the molecule is CCCN1C(=O)/C(=C/c2cc(C)oc2C)SC1=Nc1ccccc1. The molecule has 2 aromatic rings. The minimum Gasteiger partial charge on any atom is -0.466 e. The number of thioether (sulfide) groups is 1. The Kier molecular flexibility index (Phi) is 4.90. The molecule has 1 amide bonds. The maximum Gasteiger partial charge on any atom is 0.266 e. The van der Waals surface area contributed by atoms with Crippen molar-refractivity contribution in [2.24, 2.45) is 4.99 Å². The molecule has 1 fully saturated rings. The van der Waals surface area contributed by atoms with Gasteiger partial charge in [-0.3, -0.25) is 9.69 Å². The van der Waals surface area contributed by atoms with Crippen LogP contribution in [-0.2, 0) is 4.79 Å². The van der Waals surface area contributed by atoms with Gasteiger partial charge in [0.1, 0.15) is 11.5 Å². The zero-order valence-electron chi connectivity index (χ0n) is 14.1. The highest BCUT2D eigenvalue weighted by atomic mass is 32.2. The summed E-state index contributed by atoms with van der Waals surface area (Å²) in [6, 6.07) is 11.7. The largest absolute Gasteiger partial charge is 0.466 e. The zero-order chi connectivity index (χ0) is 17.1. The van der Waals surface area contributed by atoms with Gasteiger partial charge < -0.3 is 4.42 Å². The molecule has 2 heterocycles. The van der Waals surface area contributed by atoms with Gasteiger partial charge in [0.2, 0.25) is 0 Å². The van der Waals surface area contributed by atoms with Crippen molar-refractivity contribution in [3.63, 3.8) is 0 Å². The predicted octanol–water partition coefficient (Wildman–Crippen LogP) is 4.91. The number of nitrogens with zero attached hydrogens (tertiary/aromatic N) is 2. The molecule has 0 aliphatic carbocycles. The monoisotopic (exact) mass is 340 g/mol. The summed E-state index contributed by atoms with van der Waals surface area (Å²) >= 11 is 1.42. The number of benzene rings is 1. The minimum absolute atomic E-state index is 0.00906. The highest BCUT2D eigenvalue weighted by molar-refractivity contribution is 8.18. The Morgan fingerprint density at radius 1 is 1.25 bits per heavy atom. The van der Waals surface area contributed by atoms with Gasteiger partial charge in [0, 0.05) is 12.1 Å². The molecular weight excluding hydrogens is 320 g/mol. The maximum atomic E-state index is 12.7. The van der Waals surface area contributed by atoms with Crippen LogP contribution in [0.5, 0.6) is 0 Å². The van der Waals surface area contributed by atoms with Crippen molar-refractivity contribution in [3.05, 3.63) is 58.4 Å². The van der Waals surface area contributed by atoms with Crippen LogP contribution in [0.3, 0.4) is 0 Å². The first kappa shape index (κ1) is 16.6. The van der Waals surface area contributed by atoms with Gasteiger partial charge in [0.15, 0.2) is 5.17 Å². The number of furan rings is 1. The van der Waals surface area contributed by atoms with Crippen LogP contribution in [0.15, 0.2) is 50.7 Å². The number of hydrogen-bond donors (Lipinski definition) is 0. The molecule has 1 aromatic carbocycles. The van der Waals surface area contributed by atoms with Gasteiger partial charge in [-0.15, -0.1) is 0 Å². The highest BCUT2D eigenvalue weighted by Gasteiger charge is 2.33. The Hall–Kier alpha value is -2.27. The lowest BCUT2D eigenvalue weighted by molar-refractivity contribution is -0.122. The molecule has 3 rings (SSSR count). The first-order valence-corrected chi connectivity index (χ1v) is 8.82. The van der Waals surface area contributed by atoms with Gasteiger partial charge in [-0.25, -0.2) is 4.99 Å². The summed E-state index contributed by atoms with van der Waals surface area (Å²) in [6.07, 6.45) is 2.78. The Morgan fingerprint density at radius 3 is 2.62 bits per heavy atom. The Morgan fingerprint density at radius 2 is 2.00 bits per heavy atom. The van der Waals surface area contributed by atoms with E-state index in [1.54, 1.807) is 4.90 Å². The number of para-hydroxylation sites is 1. The lowest BCUT2D eigenvalue weighted by Crippen LogP contribution is -2.29. The molecule has 0 atom stereocenters. The first-order chi connectivity index (χ1) is 11.6. The summed E-state index contributed by atoms with van der Waals surface area (Å²) in [6.45, 7) is 6.54. The van der Waals surface area contributed by atoms with Crippen molar-refractivity contribution < 1.29 is 9.21 Å². The summed E-state index contributed by atoms with van der Waals surface area (Å²) in [5, 5.41) is 0.733. The van der Waals surface area contributed by atoms with E-state index < -0.39 is 0 Å². The predicted molar refractivity (Wildman–Crippen MR) is 99.3 cm³/mol. The molecule has 1 saturated heterocycles. The molecule has 5 heteroatoms. The van der Waals surface area contributed by atoms with Gasteiger partial charge in [0.25, 0.3) is 5.91 Å². The number of rotatable bonds is 4. The second-order valence-corrected chi connectivity index (χ2v) is 6.68. The number of carbonyl (C=O) groups excluding carboxylic acids is 1. The van der Waals surface area contributed by atoms with Crippen molar-refractivity contribution in [2.75, 3.05) is 6.54 Å². The second-order valence-electron chi connectivity index (χ2n) is 5.67. The van der Waals surface area contributed by atoms with E-state index in [0.717, 1.165) is 34.4 Å². The molecule has 0 saturated carbocycles. The van der Waals surface area contributed by atoms with E-state index in [1.807, 2.05) is 56.3 Å². The molecule has 1 aromatic heterocycles. The maximum absolute atomic E-state index is 12.7. The fourth-order valence-corrected chi connectivity index (χ4v) is 3.58. The molecule has 0 bridgehead atoms. The highest BCUT2D eigenvalue weighted by Crippen LogP contribution is 2.35. The van der Waals surface area contributed by atoms with E-state index in [4.69, 9.17) is 4.42 Å². The van der Waals surface area contributed by atoms with Crippen LogP contribution in [0, 0.1) is 13.8 Å². The molecule has 1 aliphatic rings. The fourth-order valence-electron chi connectivity index (χ4n) is 2.56. The smallest absolute Gasteiger partial charge is 0.266 e. The normalized spacial score (nSPS) is 18.1. The van der Waals surface area contributed by atoms with E-state index in [0.29, 0.717) is 11.4 Å². The number of aliphatic imine (C=N–C) groups is 1. The fraction of sp³-hybridized carbons (Fsp3) is 0.263. The van der Waals surface area contributed by atoms with Crippen LogP contribution in [0.2, 0.25) is 0 Å². The van der Waals surface area contributed by atoms with Crippen LogP contribution in [0.25, 0.3) is 6.08 Å². The molecular formula is C19H20N2O2S. The van der Waals surface area contributed by atoms with E-state index in [-0.39, 0.29) is 5.91 Å². The van der Waals surface area contributed by atoms with Gasteiger partial charge >= 0.3 is 0 Å². The average molecular weight is 340 g/mol. The molecule has 24 heavy (non-hydrogen) atoms. The number of amidine groups is 1. The average Bonchev–Trinajstić information content (AvgIpc) is 3.02. The van der Waals surface area contributed by atoms with Crippen molar-refractivity contribution in [1.82, 2.24) is 4.90 Å². The molecule has 0 N–H and O–H groups in total. The number of aryl methyl sites for hydroxylation is 2. The molecule has 0 unspecified atom stereocenters. The van der Waals surface area contributed by atoms with Crippen LogP contribution in [0.1, 0.15) is 30.4 Å². The lowest BCUT2D eigenvalue weighted by atomic mass is 10.2. The molecule has 4 nitrogen and oxygen atoms in total. The number of amides is 1. The lowest BCUT2D eigenvalue weighted by Gasteiger charge is -2.13. The number of carbonyl (C=O) groups is 1. The van der Waals surface area contributed by atoms with Gasteiger partial charge in [-0.05, 0) is 56.3 Å². The van der Waals surface area contributed by atoms with Crippen LogP contribution in [0.4, 0.5) is 5.69 Å². The minimum atomic E-state index is 0.00906. The van der Waals surface area contributed by atoms with Crippen molar-refractivity contribution >= 4 is 34.6 Å². The summed E-state index contributed by atoms with van der Waals surface area (Å²) in [4.78, 5) is 19.8. The third kappa shape index (κ3) is 3.46. The third-order valence-corrected chi connectivity index (χ3v) is 4.69. The van der Waals surface area contributed by atoms with E-state index in [1.165, 1.54) is 11.8 Å². The van der Waals surface area contributed by atoms with Gasteiger partial charge in [-0.1, -0.05) is 25.1 Å². The summed E-state index contributed by atoms with van der Waals surface area (Å²) in [7, 11) is 0. The second kappa shape index (κ2) is 7.09. The van der Waals surface area contributed by atoms with Crippen LogP contribution >= 0.6 is 11.8 Å². The van der Waals surface area contributed by atoms with Gasteiger partial charge in [-0.2, -0.15) is 0 Å². The number of hydrogen-bond acceptors (Lipinski definition) is 4. The molecule has 0 radical (unpaired) electrons. The van der Waals surface area contributed by atoms with E-state index in [9.17, 15) is 4.79 Å². The van der Waals surface area contributed by atoms with Crippen molar-refractivity contribution in [3.8, 4) is 0 Å². The quantitative estimate of drug-likeness (QED) is 0.743. The van der Waals surface area contributed by atoms with Crippen molar-refractivity contribution in [1.29, 1.82) is 0 Å². The summed E-state index contributed by atoms with van der Waals surface area (Å²) < 4.78 is 5.55. The Balaban J connectivity index is 1.95. The molecule has 1 aliphatic heterocycles. The first-order valence-electron chi connectivity index (χ1n) is 8.00. The standard InChI is InChI=1S/C19H20N2O2S/c1-4-10-21-18(22)17(12-15-11-13(2)23-14(15)3)24-19(21)20-16-8-6-5-7-9-16/h5-9,11-12H,4,10H2,1-3H3/b17-12-,20-19?. The molecule has 124 valence electrons. The summed E-state index contributed by atoms with van der Waals surface area (Å²) in [5.74, 6) is 1.68. The molecule has 0 spiro atoms. The van der Waals surface area contributed by atoms with Crippen LogP contribution < -0.4 is 0 Å². The Labute approximate surface area is 146 Å². The van der Waals surface area contributed by atoms with Gasteiger partial charge in [0.05, 0.1) is 10.6 Å². The third-order valence-electron chi connectivity index (χ3n) is 3.68. The van der Waals surface area contributed by atoms with E-state index in [2.05, 4.69) is 11.9 Å².